The molecule has 19 heavy (non-hydrogen) atoms. The van der Waals surface area contributed by atoms with Crippen LogP contribution in [0.4, 0.5) is 0 Å². The number of hydrogen-bond acceptors (Lipinski definition) is 2. The SMILES string of the molecule is CC(C)(C)NC(=O)Cn1c(=S)[nH]c2cc(Cl)ccc21. The number of nitrogens with one attached hydrogen (secondary N) is 2. The predicted octanol–water partition coefficient (Wildman–Crippen LogP) is 3.27. The Kier molecular flexibility index (Phi) is 3.69. The molecule has 2 rings (SSSR count). The molecule has 1 amide bonds. The lowest BCUT2D eigenvalue weighted by Gasteiger charge is -2.20. The Morgan fingerprint density at radius 2 is 2.16 bits per heavy atom. The lowest BCUT2D eigenvalue weighted by atomic mass is 10.1. The van der Waals surface area contributed by atoms with Crippen molar-refractivity contribution in [3.8, 4) is 0 Å². The third-order valence-corrected chi connectivity index (χ3v) is 3.11. The second-order valence-corrected chi connectivity index (χ2v) is 6.30. The fourth-order valence-electron chi connectivity index (χ4n) is 1.89. The van der Waals surface area contributed by atoms with Crippen LogP contribution in [-0.4, -0.2) is 21.0 Å². The van der Waals surface area contributed by atoms with Gasteiger partial charge in [-0.15, -0.1) is 0 Å². The first kappa shape index (κ1) is 14.1. The number of halogens is 1. The molecule has 1 aromatic heterocycles. The number of hydrogen-bond donors (Lipinski definition) is 2. The van der Waals surface area contributed by atoms with Gasteiger partial charge in [-0.2, -0.15) is 0 Å². The topological polar surface area (TPSA) is 49.8 Å². The minimum Gasteiger partial charge on any atom is -0.350 e. The first-order chi connectivity index (χ1) is 8.76. The summed E-state index contributed by atoms with van der Waals surface area (Å²) in [7, 11) is 0. The monoisotopic (exact) mass is 297 g/mol. The Labute approximate surface area is 121 Å². The molecule has 0 spiro atoms. The van der Waals surface area contributed by atoms with Gasteiger partial charge in [0.25, 0.3) is 0 Å². The van der Waals surface area contributed by atoms with E-state index in [2.05, 4.69) is 10.3 Å². The quantitative estimate of drug-likeness (QED) is 0.836. The lowest BCUT2D eigenvalue weighted by molar-refractivity contribution is -0.123. The average Bonchev–Trinajstić information content (AvgIpc) is 2.51. The highest BCUT2D eigenvalue weighted by Crippen LogP contribution is 2.19. The Morgan fingerprint density at radius 1 is 1.47 bits per heavy atom. The van der Waals surface area contributed by atoms with Crippen LogP contribution in [0.3, 0.4) is 0 Å². The van der Waals surface area contributed by atoms with Crippen LogP contribution in [0, 0.1) is 4.77 Å². The number of nitrogens with zero attached hydrogens (tertiary/aromatic N) is 1. The van der Waals surface area contributed by atoms with Crippen LogP contribution in [0.2, 0.25) is 5.02 Å². The standard InChI is InChI=1S/C13H16ClN3OS/c1-13(2,3)16-11(18)7-17-10-5-4-8(14)6-9(10)15-12(17)19/h4-6H,7H2,1-3H3,(H,15,19)(H,16,18). The summed E-state index contributed by atoms with van der Waals surface area (Å²) in [6.45, 7) is 6.02. The second kappa shape index (κ2) is 4.98. The normalized spacial score (nSPS) is 11.8. The minimum atomic E-state index is -0.255. The number of aromatic amines is 1. The van der Waals surface area contributed by atoms with E-state index in [0.29, 0.717) is 9.79 Å². The number of carbonyl (C=O) groups excluding carboxylic acids is 1. The van der Waals surface area contributed by atoms with Gasteiger partial charge in [0.1, 0.15) is 6.54 Å². The zero-order valence-electron chi connectivity index (χ0n) is 11.1. The molecule has 0 radical (unpaired) electrons. The van der Waals surface area contributed by atoms with Gasteiger partial charge in [-0.05, 0) is 51.2 Å². The third-order valence-electron chi connectivity index (χ3n) is 2.55. The fourth-order valence-corrected chi connectivity index (χ4v) is 2.34. The van der Waals surface area contributed by atoms with E-state index in [1.807, 2.05) is 26.8 Å². The van der Waals surface area contributed by atoms with Crippen molar-refractivity contribution >= 4 is 40.8 Å². The molecule has 0 saturated heterocycles. The van der Waals surface area contributed by atoms with Gasteiger partial charge in [0.15, 0.2) is 4.77 Å². The molecule has 0 aliphatic carbocycles. The summed E-state index contributed by atoms with van der Waals surface area (Å²) < 4.78 is 2.28. The molecular formula is C13H16ClN3OS. The minimum absolute atomic E-state index is 0.0700. The maximum atomic E-state index is 12.0. The van der Waals surface area contributed by atoms with Gasteiger partial charge in [-0.25, -0.2) is 0 Å². The van der Waals surface area contributed by atoms with E-state index in [-0.39, 0.29) is 18.0 Å². The Hall–Kier alpha value is -1.33. The van der Waals surface area contributed by atoms with Gasteiger partial charge in [-0.3, -0.25) is 4.79 Å². The fraction of sp³-hybridized carbons (Fsp3) is 0.385. The zero-order valence-corrected chi connectivity index (χ0v) is 12.7. The molecular weight excluding hydrogens is 282 g/mol. The highest BCUT2D eigenvalue weighted by Gasteiger charge is 2.15. The van der Waals surface area contributed by atoms with E-state index in [9.17, 15) is 4.79 Å². The van der Waals surface area contributed by atoms with E-state index in [0.717, 1.165) is 11.0 Å². The van der Waals surface area contributed by atoms with Crippen LogP contribution >= 0.6 is 23.8 Å². The maximum Gasteiger partial charge on any atom is 0.240 e. The van der Waals surface area contributed by atoms with Crippen molar-refractivity contribution in [1.29, 1.82) is 0 Å². The molecule has 0 aliphatic heterocycles. The van der Waals surface area contributed by atoms with E-state index in [1.54, 1.807) is 16.7 Å². The number of imidazole rings is 1. The molecule has 0 saturated carbocycles. The average molecular weight is 298 g/mol. The van der Waals surface area contributed by atoms with Crippen molar-refractivity contribution in [1.82, 2.24) is 14.9 Å². The number of rotatable bonds is 2. The number of fused-ring (bicyclic) bond motifs is 1. The van der Waals surface area contributed by atoms with Crippen molar-refractivity contribution in [3.63, 3.8) is 0 Å². The molecule has 1 aromatic carbocycles. The van der Waals surface area contributed by atoms with Crippen molar-refractivity contribution in [3.05, 3.63) is 28.0 Å². The summed E-state index contributed by atoms with van der Waals surface area (Å²) in [4.78, 5) is 15.0. The molecule has 0 bridgehead atoms. The Bertz CT molecular complexity index is 681. The van der Waals surface area contributed by atoms with E-state index >= 15 is 0 Å². The molecule has 0 fully saturated rings. The summed E-state index contributed by atoms with van der Waals surface area (Å²) in [5, 5.41) is 3.55. The summed E-state index contributed by atoms with van der Waals surface area (Å²) in [5.41, 5.74) is 1.45. The highest BCUT2D eigenvalue weighted by atomic mass is 35.5. The van der Waals surface area contributed by atoms with Crippen LogP contribution < -0.4 is 5.32 Å². The molecule has 0 aliphatic rings. The second-order valence-electron chi connectivity index (χ2n) is 5.48. The predicted molar refractivity (Wildman–Crippen MR) is 80.0 cm³/mol. The van der Waals surface area contributed by atoms with E-state index in [1.165, 1.54) is 0 Å². The number of benzene rings is 1. The maximum absolute atomic E-state index is 12.0. The van der Waals surface area contributed by atoms with Crippen LogP contribution in [0.1, 0.15) is 20.8 Å². The van der Waals surface area contributed by atoms with E-state index < -0.39 is 0 Å². The van der Waals surface area contributed by atoms with Gasteiger partial charge < -0.3 is 14.9 Å². The Morgan fingerprint density at radius 3 is 2.79 bits per heavy atom. The smallest absolute Gasteiger partial charge is 0.240 e. The van der Waals surface area contributed by atoms with Crippen molar-refractivity contribution in [2.45, 2.75) is 32.9 Å². The Balaban J connectivity index is 2.33. The van der Waals surface area contributed by atoms with Crippen LogP contribution in [0.5, 0.6) is 0 Å². The molecule has 6 heteroatoms. The number of aromatic nitrogens is 2. The van der Waals surface area contributed by atoms with Crippen molar-refractivity contribution in [2.24, 2.45) is 0 Å². The van der Waals surface area contributed by atoms with Gasteiger partial charge in [0, 0.05) is 10.6 Å². The van der Waals surface area contributed by atoms with Crippen LogP contribution in [0.15, 0.2) is 18.2 Å². The number of H-pyrrole nitrogens is 1. The van der Waals surface area contributed by atoms with Crippen molar-refractivity contribution < 1.29 is 4.79 Å². The van der Waals surface area contributed by atoms with Gasteiger partial charge in [0.05, 0.1) is 11.0 Å². The molecule has 0 unspecified atom stereocenters. The molecule has 1 heterocycles. The summed E-state index contributed by atoms with van der Waals surface area (Å²) in [6, 6.07) is 5.43. The third kappa shape index (κ3) is 3.36. The first-order valence-corrected chi connectivity index (χ1v) is 6.74. The number of amides is 1. The summed E-state index contributed by atoms with van der Waals surface area (Å²) in [5.74, 6) is -0.0700. The van der Waals surface area contributed by atoms with Crippen molar-refractivity contribution in [2.75, 3.05) is 0 Å². The molecule has 2 aromatic rings. The summed E-state index contributed by atoms with van der Waals surface area (Å²) in [6.07, 6.45) is 0. The first-order valence-electron chi connectivity index (χ1n) is 5.95. The zero-order chi connectivity index (χ0) is 14.2. The van der Waals surface area contributed by atoms with Gasteiger partial charge in [-0.1, -0.05) is 11.6 Å². The summed E-state index contributed by atoms with van der Waals surface area (Å²) >= 11 is 11.2. The van der Waals surface area contributed by atoms with Crippen LogP contribution in [-0.2, 0) is 11.3 Å². The van der Waals surface area contributed by atoms with Gasteiger partial charge >= 0.3 is 0 Å². The highest BCUT2D eigenvalue weighted by molar-refractivity contribution is 7.71. The number of carbonyl (C=O) groups is 1. The molecule has 102 valence electrons. The molecule has 2 N–H and O–H groups in total. The van der Waals surface area contributed by atoms with Gasteiger partial charge in [0.2, 0.25) is 5.91 Å². The lowest BCUT2D eigenvalue weighted by Crippen LogP contribution is -2.42. The molecule has 0 atom stereocenters. The molecule has 4 nitrogen and oxygen atoms in total. The van der Waals surface area contributed by atoms with Crippen LogP contribution in [0.25, 0.3) is 11.0 Å². The van der Waals surface area contributed by atoms with E-state index in [4.69, 9.17) is 23.8 Å². The largest absolute Gasteiger partial charge is 0.350 e.